The molecule has 1 saturated heterocycles. The lowest BCUT2D eigenvalue weighted by Crippen LogP contribution is -2.40. The molecular formula is C20H25N3O2S. The summed E-state index contributed by atoms with van der Waals surface area (Å²) in [5.41, 5.74) is 3.18. The average molecular weight is 372 g/mol. The summed E-state index contributed by atoms with van der Waals surface area (Å²) in [5, 5.41) is 2.98. The summed E-state index contributed by atoms with van der Waals surface area (Å²) in [7, 11) is 0. The van der Waals surface area contributed by atoms with E-state index in [4.69, 9.17) is 4.74 Å². The number of rotatable bonds is 4. The van der Waals surface area contributed by atoms with Crippen molar-refractivity contribution in [1.29, 1.82) is 0 Å². The second-order valence-electron chi connectivity index (χ2n) is 6.49. The molecule has 138 valence electrons. The van der Waals surface area contributed by atoms with Gasteiger partial charge in [-0.3, -0.25) is 0 Å². The molecule has 2 heterocycles. The zero-order valence-corrected chi connectivity index (χ0v) is 16.1. The van der Waals surface area contributed by atoms with Crippen molar-refractivity contribution in [2.24, 2.45) is 0 Å². The number of urea groups is 1. The number of aromatic nitrogens is 1. The number of nitrogens with one attached hydrogen (secondary N) is 1. The number of hydrogen-bond donors (Lipinski definition) is 1. The third kappa shape index (κ3) is 5.14. The van der Waals surface area contributed by atoms with Crippen molar-refractivity contribution in [3.05, 3.63) is 53.2 Å². The molecule has 6 heteroatoms. The summed E-state index contributed by atoms with van der Waals surface area (Å²) in [6.45, 7) is 6.17. The number of hydrogen-bond acceptors (Lipinski definition) is 4. The molecule has 5 nitrogen and oxygen atoms in total. The molecule has 0 aliphatic carbocycles. The van der Waals surface area contributed by atoms with Crippen molar-refractivity contribution in [1.82, 2.24) is 15.2 Å². The molecule has 0 unspecified atom stereocenters. The number of nitrogens with zero attached hydrogens (tertiary/aromatic N) is 2. The van der Waals surface area contributed by atoms with Gasteiger partial charge in [0.25, 0.3) is 0 Å². The van der Waals surface area contributed by atoms with Gasteiger partial charge in [-0.25, -0.2) is 9.78 Å². The third-order valence-electron chi connectivity index (χ3n) is 4.31. The maximum Gasteiger partial charge on any atom is 0.317 e. The molecule has 2 amide bonds. The van der Waals surface area contributed by atoms with Gasteiger partial charge in [-0.05, 0) is 48.8 Å². The van der Waals surface area contributed by atoms with E-state index in [1.54, 1.807) is 6.20 Å². The van der Waals surface area contributed by atoms with Crippen LogP contribution in [-0.2, 0) is 6.54 Å². The summed E-state index contributed by atoms with van der Waals surface area (Å²) in [4.78, 5) is 18.5. The highest BCUT2D eigenvalue weighted by atomic mass is 32.2. The van der Waals surface area contributed by atoms with E-state index >= 15 is 0 Å². The van der Waals surface area contributed by atoms with E-state index in [0.29, 0.717) is 12.4 Å². The maximum atomic E-state index is 12.3. The van der Waals surface area contributed by atoms with Crippen LogP contribution in [0.1, 0.15) is 23.1 Å². The molecule has 0 saturated carbocycles. The van der Waals surface area contributed by atoms with Crippen LogP contribution in [0.2, 0.25) is 0 Å². The Morgan fingerprint density at radius 2 is 2.12 bits per heavy atom. The van der Waals surface area contributed by atoms with Crippen LogP contribution >= 0.6 is 11.8 Å². The van der Waals surface area contributed by atoms with E-state index in [0.717, 1.165) is 53.5 Å². The van der Waals surface area contributed by atoms with Gasteiger partial charge in [0.15, 0.2) is 0 Å². The average Bonchev–Trinajstić information content (AvgIpc) is 2.93. The SMILES string of the molecule is Cc1ccc(C)c(Oc2ccc(CNC(=O)N3CCCSCC3)cn2)c1. The lowest BCUT2D eigenvalue weighted by atomic mass is 10.1. The first-order valence-electron chi connectivity index (χ1n) is 8.92. The van der Waals surface area contributed by atoms with Crippen LogP contribution in [0.3, 0.4) is 0 Å². The van der Waals surface area contributed by atoms with Gasteiger partial charge in [0.05, 0.1) is 0 Å². The normalized spacial score (nSPS) is 14.6. The lowest BCUT2D eigenvalue weighted by Gasteiger charge is -2.20. The van der Waals surface area contributed by atoms with Crippen LogP contribution in [0.25, 0.3) is 0 Å². The van der Waals surface area contributed by atoms with Crippen LogP contribution in [-0.4, -0.2) is 40.5 Å². The van der Waals surface area contributed by atoms with Gasteiger partial charge in [0.1, 0.15) is 5.75 Å². The van der Waals surface area contributed by atoms with E-state index in [1.165, 1.54) is 0 Å². The van der Waals surface area contributed by atoms with Crippen LogP contribution < -0.4 is 10.1 Å². The summed E-state index contributed by atoms with van der Waals surface area (Å²) < 4.78 is 5.87. The number of amides is 2. The van der Waals surface area contributed by atoms with Crippen LogP contribution in [0.15, 0.2) is 36.5 Å². The highest BCUT2D eigenvalue weighted by Gasteiger charge is 2.15. The fourth-order valence-corrected chi connectivity index (χ4v) is 3.63. The van der Waals surface area contributed by atoms with E-state index in [1.807, 2.05) is 54.8 Å². The van der Waals surface area contributed by atoms with Gasteiger partial charge in [-0.15, -0.1) is 0 Å². The van der Waals surface area contributed by atoms with Crippen molar-refractivity contribution < 1.29 is 9.53 Å². The predicted octanol–water partition coefficient (Wildman–Crippen LogP) is 4.14. The molecule has 1 fully saturated rings. The maximum absolute atomic E-state index is 12.3. The topological polar surface area (TPSA) is 54.5 Å². The van der Waals surface area contributed by atoms with Crippen LogP contribution in [0, 0.1) is 13.8 Å². The Morgan fingerprint density at radius 1 is 1.23 bits per heavy atom. The lowest BCUT2D eigenvalue weighted by molar-refractivity contribution is 0.201. The minimum Gasteiger partial charge on any atom is -0.439 e. The van der Waals surface area contributed by atoms with Crippen molar-refractivity contribution in [3.63, 3.8) is 0 Å². The van der Waals surface area contributed by atoms with Gasteiger partial charge in [-0.2, -0.15) is 11.8 Å². The van der Waals surface area contributed by atoms with E-state index in [2.05, 4.69) is 16.4 Å². The number of carbonyl (C=O) groups excluding carboxylic acids is 1. The molecule has 26 heavy (non-hydrogen) atoms. The molecule has 1 N–H and O–H groups in total. The Kier molecular flexibility index (Phi) is 6.39. The molecule has 1 aliphatic heterocycles. The zero-order valence-electron chi connectivity index (χ0n) is 15.3. The Hall–Kier alpha value is -2.21. The van der Waals surface area contributed by atoms with E-state index < -0.39 is 0 Å². The fourth-order valence-electron chi connectivity index (χ4n) is 2.74. The number of pyridine rings is 1. The Labute approximate surface area is 159 Å². The number of aryl methyl sites for hydroxylation is 2. The summed E-state index contributed by atoms with van der Waals surface area (Å²) in [6, 6.07) is 9.88. The molecule has 1 aliphatic rings. The molecule has 0 atom stereocenters. The summed E-state index contributed by atoms with van der Waals surface area (Å²) in [5.74, 6) is 3.52. The Balaban J connectivity index is 1.54. The minimum absolute atomic E-state index is 0.00297. The van der Waals surface area contributed by atoms with Crippen molar-refractivity contribution in [3.8, 4) is 11.6 Å². The third-order valence-corrected chi connectivity index (χ3v) is 5.36. The van der Waals surface area contributed by atoms with E-state index in [9.17, 15) is 4.79 Å². The molecule has 0 radical (unpaired) electrons. The van der Waals surface area contributed by atoms with E-state index in [-0.39, 0.29) is 6.03 Å². The summed E-state index contributed by atoms with van der Waals surface area (Å²) in [6.07, 6.45) is 2.81. The number of carbonyl (C=O) groups is 1. The minimum atomic E-state index is 0.00297. The zero-order chi connectivity index (χ0) is 18.4. The largest absolute Gasteiger partial charge is 0.439 e. The number of benzene rings is 1. The predicted molar refractivity (Wildman–Crippen MR) is 106 cm³/mol. The second-order valence-corrected chi connectivity index (χ2v) is 7.71. The van der Waals surface area contributed by atoms with Gasteiger partial charge in [-0.1, -0.05) is 18.2 Å². The summed E-state index contributed by atoms with van der Waals surface area (Å²) >= 11 is 1.91. The highest BCUT2D eigenvalue weighted by molar-refractivity contribution is 7.99. The van der Waals surface area contributed by atoms with Gasteiger partial charge >= 0.3 is 6.03 Å². The molecule has 2 aromatic rings. The van der Waals surface area contributed by atoms with Gasteiger partial charge in [0, 0.05) is 37.7 Å². The van der Waals surface area contributed by atoms with Gasteiger partial charge in [0.2, 0.25) is 5.88 Å². The Morgan fingerprint density at radius 3 is 2.92 bits per heavy atom. The molecular weight excluding hydrogens is 346 g/mol. The molecule has 1 aromatic heterocycles. The Bertz CT molecular complexity index is 741. The van der Waals surface area contributed by atoms with Gasteiger partial charge < -0.3 is 15.0 Å². The molecule has 1 aromatic carbocycles. The molecule has 0 bridgehead atoms. The highest BCUT2D eigenvalue weighted by Crippen LogP contribution is 2.24. The monoisotopic (exact) mass is 371 g/mol. The fraction of sp³-hybridized carbons (Fsp3) is 0.400. The van der Waals surface area contributed by atoms with Crippen molar-refractivity contribution >= 4 is 17.8 Å². The molecule has 3 rings (SSSR count). The smallest absolute Gasteiger partial charge is 0.317 e. The van der Waals surface area contributed by atoms with Crippen molar-refractivity contribution in [2.75, 3.05) is 24.6 Å². The quantitative estimate of drug-likeness (QED) is 0.878. The first-order chi connectivity index (χ1) is 12.6. The first-order valence-corrected chi connectivity index (χ1v) is 10.1. The second kappa shape index (κ2) is 8.94. The molecule has 0 spiro atoms. The van der Waals surface area contributed by atoms with Crippen LogP contribution in [0.5, 0.6) is 11.6 Å². The standard InChI is InChI=1S/C20H25N3O2S/c1-15-4-5-16(2)18(12-15)25-19-7-6-17(13-21-19)14-22-20(24)23-8-3-10-26-11-9-23/h4-7,12-13H,3,8-11,14H2,1-2H3,(H,22,24). The van der Waals surface area contributed by atoms with Crippen molar-refractivity contribution in [2.45, 2.75) is 26.8 Å². The number of ether oxygens (including phenoxy) is 1. The van der Waals surface area contributed by atoms with Crippen LogP contribution in [0.4, 0.5) is 4.79 Å². The number of thioether (sulfide) groups is 1. The first kappa shape index (κ1) is 18.6.